The van der Waals surface area contributed by atoms with E-state index in [0.29, 0.717) is 11.0 Å². The fraction of sp³-hybridized carbons (Fsp3) is 0.429. The van der Waals surface area contributed by atoms with Gasteiger partial charge in [-0.15, -0.1) is 0 Å². The molecule has 1 fully saturated rings. The first-order valence-corrected chi connectivity index (χ1v) is 6.61. The Balaban J connectivity index is 2.21. The lowest BCUT2D eigenvalue weighted by atomic mass is 10.0. The predicted molar refractivity (Wildman–Crippen MR) is 77.6 cm³/mol. The molecule has 0 radical (unpaired) electrons. The Morgan fingerprint density at radius 2 is 1.94 bits per heavy atom. The first-order chi connectivity index (χ1) is 8.49. The summed E-state index contributed by atoms with van der Waals surface area (Å²) in [6, 6.07) is 7.65. The molecular formula is C14H18N2OS. The lowest BCUT2D eigenvalue weighted by molar-refractivity contribution is -0.118. The number of hydrogen-bond acceptors (Lipinski definition) is 2. The smallest absolute Gasteiger partial charge is 0.255 e. The minimum Gasteiger partial charge on any atom is -0.350 e. The molecular weight excluding hydrogens is 244 g/mol. The van der Waals surface area contributed by atoms with Crippen LogP contribution in [0.5, 0.6) is 0 Å². The summed E-state index contributed by atoms with van der Waals surface area (Å²) in [6.07, 6.45) is 0.807. The van der Waals surface area contributed by atoms with Gasteiger partial charge in [0.25, 0.3) is 5.91 Å². The molecule has 1 amide bonds. The van der Waals surface area contributed by atoms with Crippen LogP contribution in [0.25, 0.3) is 0 Å². The van der Waals surface area contributed by atoms with Gasteiger partial charge in [-0.2, -0.15) is 0 Å². The predicted octanol–water partition coefficient (Wildman–Crippen LogP) is 2.63. The van der Waals surface area contributed by atoms with E-state index in [-0.39, 0.29) is 11.9 Å². The Hall–Kier alpha value is -1.42. The lowest BCUT2D eigenvalue weighted by Gasteiger charge is -2.15. The minimum absolute atomic E-state index is 0.0533. The van der Waals surface area contributed by atoms with Crippen molar-refractivity contribution in [1.29, 1.82) is 0 Å². The Bertz CT molecular complexity index is 467. The molecule has 1 aromatic carbocycles. The van der Waals surface area contributed by atoms with Crippen LogP contribution in [-0.2, 0) is 4.79 Å². The van der Waals surface area contributed by atoms with Gasteiger partial charge in [-0.1, -0.05) is 31.5 Å². The molecule has 1 aromatic rings. The summed E-state index contributed by atoms with van der Waals surface area (Å²) in [5, 5.41) is 3.61. The van der Waals surface area contributed by atoms with E-state index in [1.54, 1.807) is 4.90 Å². The number of aryl methyl sites for hydroxylation is 1. The van der Waals surface area contributed by atoms with Gasteiger partial charge in [0.1, 0.15) is 6.04 Å². The maximum atomic E-state index is 12.3. The molecule has 1 atom stereocenters. The van der Waals surface area contributed by atoms with Crippen LogP contribution >= 0.6 is 12.2 Å². The molecule has 1 aliphatic heterocycles. The number of rotatable bonds is 3. The number of carbonyl (C=O) groups excluding carboxylic acids is 1. The van der Waals surface area contributed by atoms with Gasteiger partial charge in [0.2, 0.25) is 0 Å². The van der Waals surface area contributed by atoms with Gasteiger partial charge >= 0.3 is 0 Å². The molecule has 1 unspecified atom stereocenters. The number of carbonyl (C=O) groups is 1. The number of thiocarbonyl (C=S) groups is 1. The summed E-state index contributed by atoms with van der Waals surface area (Å²) in [5.74, 6) is 0.518. The highest BCUT2D eigenvalue weighted by Gasteiger charge is 2.36. The highest BCUT2D eigenvalue weighted by atomic mass is 32.1. The third-order valence-corrected chi connectivity index (χ3v) is 3.32. The molecule has 4 heteroatoms. The number of anilines is 1. The quantitative estimate of drug-likeness (QED) is 0.850. The molecule has 2 rings (SSSR count). The fourth-order valence-electron chi connectivity index (χ4n) is 2.10. The summed E-state index contributed by atoms with van der Waals surface area (Å²) < 4.78 is 0. The van der Waals surface area contributed by atoms with Crippen molar-refractivity contribution in [3.8, 4) is 0 Å². The highest BCUT2D eigenvalue weighted by molar-refractivity contribution is 7.80. The molecule has 96 valence electrons. The van der Waals surface area contributed by atoms with Crippen molar-refractivity contribution in [1.82, 2.24) is 5.32 Å². The van der Waals surface area contributed by atoms with Gasteiger partial charge < -0.3 is 5.32 Å². The Morgan fingerprint density at radius 3 is 2.50 bits per heavy atom. The average Bonchev–Trinajstić information content (AvgIpc) is 2.55. The van der Waals surface area contributed by atoms with E-state index in [1.165, 1.54) is 5.56 Å². The normalized spacial score (nSPS) is 19.6. The molecule has 0 bridgehead atoms. The Morgan fingerprint density at radius 1 is 1.33 bits per heavy atom. The fourth-order valence-corrected chi connectivity index (χ4v) is 2.44. The molecule has 1 heterocycles. The van der Waals surface area contributed by atoms with Gasteiger partial charge in [-0.25, -0.2) is 0 Å². The second-order valence-corrected chi connectivity index (χ2v) is 5.53. The third-order valence-electron chi connectivity index (χ3n) is 3.02. The van der Waals surface area contributed by atoms with Crippen LogP contribution in [0.4, 0.5) is 5.69 Å². The van der Waals surface area contributed by atoms with Crippen LogP contribution in [0.1, 0.15) is 25.8 Å². The minimum atomic E-state index is -0.182. The zero-order valence-corrected chi connectivity index (χ0v) is 11.8. The topological polar surface area (TPSA) is 32.3 Å². The van der Waals surface area contributed by atoms with Crippen LogP contribution in [-0.4, -0.2) is 17.1 Å². The van der Waals surface area contributed by atoms with Crippen LogP contribution in [0.3, 0.4) is 0 Å². The maximum Gasteiger partial charge on any atom is 0.255 e. The lowest BCUT2D eigenvalue weighted by Crippen LogP contribution is -2.31. The number of nitrogens with one attached hydrogen (secondary N) is 1. The first kappa shape index (κ1) is 13.0. The summed E-state index contributed by atoms with van der Waals surface area (Å²) in [4.78, 5) is 13.9. The van der Waals surface area contributed by atoms with Crippen molar-refractivity contribution < 1.29 is 4.79 Å². The molecule has 18 heavy (non-hydrogen) atoms. The Labute approximate surface area is 113 Å². The zero-order valence-electron chi connectivity index (χ0n) is 10.9. The zero-order chi connectivity index (χ0) is 13.3. The van der Waals surface area contributed by atoms with Gasteiger partial charge in [-0.05, 0) is 43.6 Å². The average molecular weight is 262 g/mol. The molecule has 0 aromatic heterocycles. The number of benzene rings is 1. The van der Waals surface area contributed by atoms with Crippen molar-refractivity contribution in [2.24, 2.45) is 5.92 Å². The largest absolute Gasteiger partial charge is 0.350 e. The molecule has 1 N–H and O–H groups in total. The summed E-state index contributed by atoms with van der Waals surface area (Å²) in [7, 11) is 0. The monoisotopic (exact) mass is 262 g/mol. The SMILES string of the molecule is Cc1ccc(N2C(=O)C(CC(C)C)NC2=S)cc1. The summed E-state index contributed by atoms with van der Waals surface area (Å²) >= 11 is 5.26. The number of hydrogen-bond donors (Lipinski definition) is 1. The number of amides is 1. The van der Waals surface area contributed by atoms with Crippen molar-refractivity contribution in [3.63, 3.8) is 0 Å². The molecule has 0 aliphatic carbocycles. The van der Waals surface area contributed by atoms with Crippen molar-refractivity contribution >= 4 is 28.9 Å². The van der Waals surface area contributed by atoms with Gasteiger partial charge in [0.05, 0.1) is 5.69 Å². The van der Waals surface area contributed by atoms with Gasteiger partial charge in [0.15, 0.2) is 5.11 Å². The van der Waals surface area contributed by atoms with Crippen molar-refractivity contribution in [2.45, 2.75) is 33.2 Å². The van der Waals surface area contributed by atoms with Crippen LogP contribution in [0, 0.1) is 12.8 Å². The molecule has 3 nitrogen and oxygen atoms in total. The molecule has 0 saturated carbocycles. The van der Waals surface area contributed by atoms with Crippen LogP contribution < -0.4 is 10.2 Å². The first-order valence-electron chi connectivity index (χ1n) is 6.20. The van der Waals surface area contributed by atoms with Gasteiger partial charge in [0, 0.05) is 0 Å². The van der Waals surface area contributed by atoms with E-state index in [2.05, 4.69) is 19.2 Å². The summed E-state index contributed by atoms with van der Waals surface area (Å²) in [5.41, 5.74) is 2.01. The van der Waals surface area contributed by atoms with E-state index in [1.807, 2.05) is 31.2 Å². The van der Waals surface area contributed by atoms with Crippen molar-refractivity contribution in [3.05, 3.63) is 29.8 Å². The Kier molecular flexibility index (Phi) is 3.66. The molecule has 1 saturated heterocycles. The van der Waals surface area contributed by atoms with Crippen LogP contribution in [0.15, 0.2) is 24.3 Å². The second kappa shape index (κ2) is 5.06. The van der Waals surface area contributed by atoms with E-state index >= 15 is 0 Å². The second-order valence-electron chi connectivity index (χ2n) is 5.14. The maximum absolute atomic E-state index is 12.3. The van der Waals surface area contributed by atoms with E-state index in [9.17, 15) is 4.79 Å². The molecule has 1 aliphatic rings. The third kappa shape index (κ3) is 2.53. The van der Waals surface area contributed by atoms with E-state index in [0.717, 1.165) is 12.1 Å². The molecule has 0 spiro atoms. The van der Waals surface area contributed by atoms with E-state index in [4.69, 9.17) is 12.2 Å². The van der Waals surface area contributed by atoms with Crippen LogP contribution in [0.2, 0.25) is 0 Å². The summed E-state index contributed by atoms with van der Waals surface area (Å²) in [6.45, 7) is 6.23. The standard InChI is InChI=1S/C14H18N2OS/c1-9(2)8-12-13(17)16(14(18)15-12)11-6-4-10(3)5-7-11/h4-7,9,12H,8H2,1-3H3,(H,15,18). The highest BCUT2D eigenvalue weighted by Crippen LogP contribution is 2.22. The van der Waals surface area contributed by atoms with Crippen molar-refractivity contribution in [2.75, 3.05) is 4.90 Å². The number of nitrogens with zero attached hydrogens (tertiary/aromatic N) is 1. The van der Waals surface area contributed by atoms with E-state index < -0.39 is 0 Å². The van der Waals surface area contributed by atoms with Gasteiger partial charge in [-0.3, -0.25) is 9.69 Å².